The van der Waals surface area contributed by atoms with Crippen LogP contribution in [-0.2, 0) is 26.2 Å². The van der Waals surface area contributed by atoms with Crippen molar-refractivity contribution < 1.29 is 30.0 Å². The van der Waals surface area contributed by atoms with Gasteiger partial charge in [-0.25, -0.2) is 21.6 Å². The maximum Gasteiger partial charge on any atom is 0.416 e. The van der Waals surface area contributed by atoms with Crippen LogP contribution in [0.2, 0.25) is 0 Å². The number of alkyl halides is 3. The van der Waals surface area contributed by atoms with E-state index < -0.39 is 36.7 Å². The van der Waals surface area contributed by atoms with Crippen LogP contribution in [0.15, 0.2) is 29.2 Å². The number of sulfonamides is 2. The minimum Gasteiger partial charge on any atom is -0.213 e. The maximum atomic E-state index is 12.7. The quantitative estimate of drug-likeness (QED) is 0.848. The molecule has 0 saturated carbocycles. The van der Waals surface area contributed by atoms with E-state index >= 15 is 0 Å². The molecule has 1 aromatic carbocycles. The van der Waals surface area contributed by atoms with Crippen molar-refractivity contribution in [3.8, 4) is 0 Å². The van der Waals surface area contributed by atoms with Crippen molar-refractivity contribution in [3.63, 3.8) is 0 Å². The summed E-state index contributed by atoms with van der Waals surface area (Å²) in [5.41, 5.74) is -1.03. The van der Waals surface area contributed by atoms with Gasteiger partial charge in [-0.1, -0.05) is 6.07 Å². The molecule has 1 N–H and O–H groups in total. The Labute approximate surface area is 138 Å². The molecule has 1 heterocycles. The predicted molar refractivity (Wildman–Crippen MR) is 81.2 cm³/mol. The van der Waals surface area contributed by atoms with Gasteiger partial charge in [-0.05, 0) is 31.0 Å². The Balaban J connectivity index is 2.15. The van der Waals surface area contributed by atoms with Crippen molar-refractivity contribution in [2.75, 3.05) is 19.3 Å². The summed E-state index contributed by atoms with van der Waals surface area (Å²) in [5, 5.41) is 0. The first kappa shape index (κ1) is 19.2. The second-order valence-electron chi connectivity index (χ2n) is 5.59. The predicted octanol–water partition coefficient (Wildman–Crippen LogP) is 1.41. The molecule has 24 heavy (non-hydrogen) atoms. The summed E-state index contributed by atoms with van der Waals surface area (Å²) in [4.78, 5) is -0.424. The zero-order valence-electron chi connectivity index (χ0n) is 12.7. The number of piperidine rings is 1. The molecule has 0 spiro atoms. The third-order valence-corrected chi connectivity index (χ3v) is 6.29. The molecular weight excluding hydrogens is 369 g/mol. The third-order valence-electron chi connectivity index (χ3n) is 3.63. The minimum absolute atomic E-state index is 0.0335. The molecule has 136 valence electrons. The van der Waals surface area contributed by atoms with Gasteiger partial charge in [0.15, 0.2) is 0 Å². The monoisotopic (exact) mass is 386 g/mol. The molecule has 1 aliphatic rings. The maximum absolute atomic E-state index is 12.7. The SMILES string of the molecule is CS(=O)(=O)NC1CCN(S(=O)(=O)c2cccc(C(F)(F)F)c2)CC1. The summed E-state index contributed by atoms with van der Waals surface area (Å²) in [6.07, 6.45) is -3.10. The second kappa shape index (κ2) is 6.62. The van der Waals surface area contributed by atoms with Gasteiger partial charge in [0.1, 0.15) is 0 Å². The molecule has 1 fully saturated rings. The molecule has 1 aromatic rings. The van der Waals surface area contributed by atoms with Crippen molar-refractivity contribution in [2.45, 2.75) is 30.0 Å². The molecule has 6 nitrogen and oxygen atoms in total. The zero-order chi connectivity index (χ0) is 18.2. The fourth-order valence-electron chi connectivity index (χ4n) is 2.50. The Hall–Kier alpha value is -1.17. The van der Waals surface area contributed by atoms with Crippen LogP contribution in [0.1, 0.15) is 18.4 Å². The van der Waals surface area contributed by atoms with E-state index in [2.05, 4.69) is 4.72 Å². The zero-order valence-corrected chi connectivity index (χ0v) is 14.4. The van der Waals surface area contributed by atoms with E-state index in [1.807, 2.05) is 0 Å². The Bertz CT molecular complexity index is 799. The summed E-state index contributed by atoms with van der Waals surface area (Å²) in [6, 6.07) is 3.20. The molecule has 2 rings (SSSR count). The molecule has 0 radical (unpaired) electrons. The van der Waals surface area contributed by atoms with E-state index in [1.165, 1.54) is 0 Å². The highest BCUT2D eigenvalue weighted by atomic mass is 32.2. The van der Waals surface area contributed by atoms with Crippen LogP contribution in [0, 0.1) is 0 Å². The van der Waals surface area contributed by atoms with Crippen LogP contribution in [0.4, 0.5) is 13.2 Å². The van der Waals surface area contributed by atoms with Crippen LogP contribution < -0.4 is 4.72 Å². The number of nitrogens with one attached hydrogen (secondary N) is 1. The minimum atomic E-state index is -4.63. The fraction of sp³-hybridized carbons (Fsp3) is 0.538. The van der Waals surface area contributed by atoms with Crippen molar-refractivity contribution in [1.82, 2.24) is 9.03 Å². The normalized spacial score (nSPS) is 18.7. The average molecular weight is 386 g/mol. The number of nitrogens with zero attached hydrogens (tertiary/aromatic N) is 1. The molecule has 0 aromatic heterocycles. The van der Waals surface area contributed by atoms with E-state index in [0.29, 0.717) is 6.07 Å². The standard InChI is InChI=1S/C13H17F3N2O4S2/c1-23(19,20)17-11-5-7-18(8-6-11)24(21,22)12-4-2-3-10(9-12)13(14,15)16/h2-4,9,11,17H,5-8H2,1H3. The van der Waals surface area contributed by atoms with Crippen molar-refractivity contribution in [1.29, 1.82) is 0 Å². The fourth-order valence-corrected chi connectivity index (χ4v) is 4.86. The topological polar surface area (TPSA) is 83.6 Å². The van der Waals surface area contributed by atoms with Crippen LogP contribution >= 0.6 is 0 Å². The molecule has 1 aliphatic heterocycles. The summed E-state index contributed by atoms with van der Waals surface area (Å²) in [6.45, 7) is 0.0670. The van der Waals surface area contributed by atoms with Gasteiger partial charge in [0.25, 0.3) is 0 Å². The Morgan fingerprint density at radius 3 is 2.21 bits per heavy atom. The van der Waals surface area contributed by atoms with Crippen LogP contribution in [0.25, 0.3) is 0 Å². The van der Waals surface area contributed by atoms with Gasteiger partial charge in [0.2, 0.25) is 20.0 Å². The van der Waals surface area contributed by atoms with Crippen LogP contribution in [-0.4, -0.2) is 46.5 Å². The van der Waals surface area contributed by atoms with Crippen molar-refractivity contribution in [2.24, 2.45) is 0 Å². The van der Waals surface area contributed by atoms with E-state index in [0.717, 1.165) is 28.8 Å². The first-order valence-electron chi connectivity index (χ1n) is 7.04. The molecule has 0 amide bonds. The van der Waals surface area contributed by atoms with Gasteiger partial charge in [0, 0.05) is 19.1 Å². The Kier molecular flexibility index (Phi) is 5.28. The lowest BCUT2D eigenvalue weighted by Crippen LogP contribution is -2.46. The highest BCUT2D eigenvalue weighted by Gasteiger charge is 2.34. The number of hydrogen-bond donors (Lipinski definition) is 1. The summed E-state index contributed by atoms with van der Waals surface area (Å²) >= 11 is 0. The van der Waals surface area contributed by atoms with Crippen LogP contribution in [0.3, 0.4) is 0 Å². The first-order valence-corrected chi connectivity index (χ1v) is 10.4. The lowest BCUT2D eigenvalue weighted by molar-refractivity contribution is -0.137. The first-order chi connectivity index (χ1) is 10.9. The number of halogens is 3. The third kappa shape index (κ3) is 4.68. The van der Waals surface area contributed by atoms with E-state index in [4.69, 9.17) is 0 Å². The summed E-state index contributed by atoms with van der Waals surface area (Å²) < 4.78 is 89.0. The number of hydrogen-bond acceptors (Lipinski definition) is 4. The average Bonchev–Trinajstić information content (AvgIpc) is 2.45. The summed E-state index contributed by atoms with van der Waals surface area (Å²) in [5.74, 6) is 0. The highest BCUT2D eigenvalue weighted by molar-refractivity contribution is 7.89. The molecule has 0 aliphatic carbocycles. The molecule has 0 bridgehead atoms. The van der Waals surface area contributed by atoms with E-state index in [9.17, 15) is 30.0 Å². The van der Waals surface area contributed by atoms with Gasteiger partial charge in [0.05, 0.1) is 16.7 Å². The lowest BCUT2D eigenvalue weighted by Gasteiger charge is -2.31. The molecule has 1 saturated heterocycles. The van der Waals surface area contributed by atoms with Gasteiger partial charge in [-0.2, -0.15) is 17.5 Å². The van der Waals surface area contributed by atoms with Crippen molar-refractivity contribution in [3.05, 3.63) is 29.8 Å². The molecule has 0 atom stereocenters. The van der Waals surface area contributed by atoms with Gasteiger partial charge < -0.3 is 0 Å². The smallest absolute Gasteiger partial charge is 0.213 e. The largest absolute Gasteiger partial charge is 0.416 e. The number of rotatable bonds is 4. The molecule has 0 unspecified atom stereocenters. The van der Waals surface area contributed by atoms with Gasteiger partial charge >= 0.3 is 6.18 Å². The Morgan fingerprint density at radius 2 is 1.71 bits per heavy atom. The summed E-state index contributed by atoms with van der Waals surface area (Å²) in [7, 11) is -7.45. The van der Waals surface area contributed by atoms with Crippen molar-refractivity contribution >= 4 is 20.0 Å². The molecular formula is C13H17F3N2O4S2. The number of benzene rings is 1. The Morgan fingerprint density at radius 1 is 1.12 bits per heavy atom. The molecule has 11 heteroatoms. The van der Waals surface area contributed by atoms with E-state index in [-0.39, 0.29) is 32.0 Å². The van der Waals surface area contributed by atoms with Gasteiger partial charge in [-0.15, -0.1) is 0 Å². The second-order valence-corrected chi connectivity index (χ2v) is 9.31. The van der Waals surface area contributed by atoms with Gasteiger partial charge in [-0.3, -0.25) is 0 Å². The highest BCUT2D eigenvalue weighted by Crippen LogP contribution is 2.31. The lowest BCUT2D eigenvalue weighted by atomic mass is 10.1. The van der Waals surface area contributed by atoms with Crippen LogP contribution in [0.5, 0.6) is 0 Å². The van der Waals surface area contributed by atoms with E-state index in [1.54, 1.807) is 0 Å².